The van der Waals surface area contributed by atoms with Crippen molar-refractivity contribution in [1.29, 1.82) is 0 Å². The van der Waals surface area contributed by atoms with Crippen LogP contribution in [0.1, 0.15) is 34.8 Å². The number of nitrogens with one attached hydrogen (secondary N) is 2. The van der Waals surface area contributed by atoms with E-state index in [9.17, 15) is 18.0 Å². The van der Waals surface area contributed by atoms with Crippen LogP contribution in [-0.2, 0) is 0 Å². The number of anilines is 2. The fraction of sp³-hybridized carbons (Fsp3) is 0.263. The van der Waals surface area contributed by atoms with Crippen LogP contribution in [0.25, 0.3) is 0 Å². The number of benzene rings is 1. The Kier molecular flexibility index (Phi) is 4.69. The molecule has 0 aliphatic carbocycles. The first kappa shape index (κ1) is 18.9. The van der Waals surface area contributed by atoms with Crippen LogP contribution in [0.5, 0.6) is 5.75 Å². The number of fused-ring (bicyclic) bond motifs is 1. The van der Waals surface area contributed by atoms with E-state index in [1.807, 2.05) is 0 Å². The number of alkyl halides is 3. The van der Waals surface area contributed by atoms with Crippen molar-refractivity contribution in [2.24, 2.45) is 0 Å². The highest BCUT2D eigenvalue weighted by molar-refractivity contribution is 6.04. The Morgan fingerprint density at radius 3 is 2.79 bits per heavy atom. The molecule has 0 spiro atoms. The van der Waals surface area contributed by atoms with Gasteiger partial charge >= 0.3 is 6.18 Å². The van der Waals surface area contributed by atoms with Crippen molar-refractivity contribution in [1.82, 2.24) is 9.78 Å². The molecule has 0 fully saturated rings. The van der Waals surface area contributed by atoms with Gasteiger partial charge in [-0.25, -0.2) is 4.68 Å². The fourth-order valence-corrected chi connectivity index (χ4v) is 3.29. The number of furan rings is 1. The first-order valence-corrected chi connectivity index (χ1v) is 8.77. The molecule has 2 aromatic heterocycles. The Bertz CT molecular complexity index is 1010. The quantitative estimate of drug-likeness (QED) is 0.671. The molecule has 2 N–H and O–H groups in total. The number of carbonyl (C=O) groups excluding carboxylic acids is 1. The Morgan fingerprint density at radius 2 is 2.10 bits per heavy atom. The van der Waals surface area contributed by atoms with Gasteiger partial charge in [-0.2, -0.15) is 18.3 Å². The van der Waals surface area contributed by atoms with E-state index in [-0.39, 0.29) is 17.9 Å². The van der Waals surface area contributed by atoms with E-state index in [0.717, 1.165) is 4.68 Å². The summed E-state index contributed by atoms with van der Waals surface area (Å²) in [5.74, 6) is 0.250. The second kappa shape index (κ2) is 7.19. The van der Waals surface area contributed by atoms with Crippen LogP contribution in [0.4, 0.5) is 24.7 Å². The molecule has 0 radical (unpaired) electrons. The van der Waals surface area contributed by atoms with Gasteiger partial charge in [0.25, 0.3) is 5.91 Å². The van der Waals surface area contributed by atoms with Crippen LogP contribution in [0.2, 0.25) is 0 Å². The standard InChI is InChI=1S/C19H17F3N4O3/c1-28-14-6-3-2-5-11(14)24-18(27)13-10-17-23-12(15-7-4-8-29-15)9-16(19(20,21)22)26(17)25-13/h2-8,10,12,16,23H,9H2,1H3,(H,24,27)/t12-,16+/m1/s1. The number of carbonyl (C=O) groups is 1. The second-order valence-electron chi connectivity index (χ2n) is 6.52. The summed E-state index contributed by atoms with van der Waals surface area (Å²) in [6.07, 6.45) is -3.44. The molecule has 1 aliphatic rings. The van der Waals surface area contributed by atoms with Crippen LogP contribution >= 0.6 is 0 Å². The van der Waals surface area contributed by atoms with Gasteiger partial charge in [0, 0.05) is 12.5 Å². The monoisotopic (exact) mass is 406 g/mol. The molecule has 4 rings (SSSR count). The first-order chi connectivity index (χ1) is 13.9. The van der Waals surface area contributed by atoms with Gasteiger partial charge in [0.05, 0.1) is 25.1 Å². The molecule has 7 nitrogen and oxygen atoms in total. The molecular weight excluding hydrogens is 389 g/mol. The van der Waals surface area contributed by atoms with Gasteiger partial charge in [-0.05, 0) is 24.3 Å². The molecule has 0 bridgehead atoms. The van der Waals surface area contributed by atoms with Crippen molar-refractivity contribution in [3.8, 4) is 5.75 Å². The Morgan fingerprint density at radius 1 is 1.31 bits per heavy atom. The van der Waals surface area contributed by atoms with Crippen molar-refractivity contribution >= 4 is 17.4 Å². The number of nitrogens with zero attached hydrogens (tertiary/aromatic N) is 2. The smallest absolute Gasteiger partial charge is 0.410 e. The molecule has 10 heteroatoms. The summed E-state index contributed by atoms with van der Waals surface area (Å²) in [6.45, 7) is 0. The maximum Gasteiger partial charge on any atom is 0.410 e. The molecule has 0 saturated heterocycles. The van der Waals surface area contributed by atoms with E-state index in [0.29, 0.717) is 17.2 Å². The lowest BCUT2D eigenvalue weighted by atomic mass is 10.0. The van der Waals surface area contributed by atoms with Gasteiger partial charge in [0.15, 0.2) is 11.7 Å². The molecule has 0 unspecified atom stereocenters. The molecule has 152 valence electrons. The zero-order valence-electron chi connectivity index (χ0n) is 15.2. The minimum Gasteiger partial charge on any atom is -0.495 e. The van der Waals surface area contributed by atoms with Crippen molar-refractivity contribution in [2.45, 2.75) is 24.7 Å². The third kappa shape index (κ3) is 3.65. The summed E-state index contributed by atoms with van der Waals surface area (Å²) in [4.78, 5) is 12.6. The van der Waals surface area contributed by atoms with Gasteiger partial charge < -0.3 is 19.8 Å². The van der Waals surface area contributed by atoms with E-state index in [1.54, 1.807) is 36.4 Å². The van der Waals surface area contributed by atoms with Gasteiger partial charge in [-0.1, -0.05) is 12.1 Å². The van der Waals surface area contributed by atoms with Crippen LogP contribution in [-0.4, -0.2) is 29.0 Å². The van der Waals surface area contributed by atoms with E-state index in [4.69, 9.17) is 9.15 Å². The highest BCUT2D eigenvalue weighted by Gasteiger charge is 2.47. The summed E-state index contributed by atoms with van der Waals surface area (Å²) >= 11 is 0. The minimum absolute atomic E-state index is 0.0881. The molecular formula is C19H17F3N4O3. The van der Waals surface area contributed by atoms with E-state index in [2.05, 4.69) is 15.7 Å². The molecule has 2 atom stereocenters. The predicted molar refractivity (Wildman–Crippen MR) is 98.0 cm³/mol. The minimum atomic E-state index is -4.54. The third-order valence-electron chi connectivity index (χ3n) is 4.66. The van der Waals surface area contributed by atoms with Crippen LogP contribution in [0.15, 0.2) is 53.1 Å². The molecule has 29 heavy (non-hydrogen) atoms. The van der Waals surface area contributed by atoms with Gasteiger partial charge in [-0.15, -0.1) is 0 Å². The number of methoxy groups -OCH3 is 1. The number of rotatable bonds is 4. The summed E-state index contributed by atoms with van der Waals surface area (Å²) in [5, 5.41) is 9.49. The normalized spacial score (nSPS) is 18.6. The number of para-hydroxylation sites is 2. The summed E-state index contributed by atoms with van der Waals surface area (Å²) in [7, 11) is 1.45. The Balaban J connectivity index is 1.64. The van der Waals surface area contributed by atoms with E-state index < -0.39 is 24.2 Å². The van der Waals surface area contributed by atoms with Gasteiger partial charge in [0.1, 0.15) is 17.3 Å². The third-order valence-corrected chi connectivity index (χ3v) is 4.66. The Labute approximate surface area is 163 Å². The Hall–Kier alpha value is -3.43. The molecule has 1 aromatic carbocycles. The zero-order valence-corrected chi connectivity index (χ0v) is 15.2. The molecule has 3 aromatic rings. The highest BCUT2D eigenvalue weighted by atomic mass is 19.4. The lowest BCUT2D eigenvalue weighted by Crippen LogP contribution is -2.35. The number of ether oxygens (including phenoxy) is 1. The fourth-order valence-electron chi connectivity index (χ4n) is 3.29. The highest BCUT2D eigenvalue weighted by Crippen LogP contribution is 2.43. The van der Waals surface area contributed by atoms with Crippen molar-refractivity contribution in [3.05, 3.63) is 60.2 Å². The van der Waals surface area contributed by atoms with Crippen molar-refractivity contribution < 1.29 is 27.1 Å². The number of halogens is 3. The van der Waals surface area contributed by atoms with E-state index in [1.165, 1.54) is 19.4 Å². The average molecular weight is 406 g/mol. The predicted octanol–water partition coefficient (Wildman–Crippen LogP) is 4.40. The average Bonchev–Trinajstić information content (AvgIpc) is 3.36. The maximum atomic E-state index is 13.7. The lowest BCUT2D eigenvalue weighted by molar-refractivity contribution is -0.174. The number of amides is 1. The van der Waals surface area contributed by atoms with Crippen molar-refractivity contribution in [2.75, 3.05) is 17.7 Å². The largest absolute Gasteiger partial charge is 0.495 e. The second-order valence-corrected chi connectivity index (χ2v) is 6.52. The van der Waals surface area contributed by atoms with Crippen LogP contribution in [0, 0.1) is 0 Å². The summed E-state index contributed by atoms with van der Waals surface area (Å²) in [6, 6.07) is 8.64. The lowest BCUT2D eigenvalue weighted by Gasteiger charge is -2.32. The number of aromatic nitrogens is 2. The number of hydrogen-bond acceptors (Lipinski definition) is 5. The molecule has 1 aliphatic heterocycles. The van der Waals surface area contributed by atoms with Gasteiger partial charge in [-0.3, -0.25) is 4.79 Å². The topological polar surface area (TPSA) is 81.3 Å². The van der Waals surface area contributed by atoms with E-state index >= 15 is 0 Å². The molecule has 0 saturated carbocycles. The molecule has 1 amide bonds. The maximum absolute atomic E-state index is 13.7. The molecule has 3 heterocycles. The SMILES string of the molecule is COc1ccccc1NC(=O)c1cc2n(n1)[C@H](C(F)(F)F)C[C@H](c1ccco1)N2. The van der Waals surface area contributed by atoms with Crippen molar-refractivity contribution in [3.63, 3.8) is 0 Å². The zero-order chi connectivity index (χ0) is 20.6. The summed E-state index contributed by atoms with van der Waals surface area (Å²) < 4.78 is 52.2. The van der Waals surface area contributed by atoms with Crippen LogP contribution in [0.3, 0.4) is 0 Å². The summed E-state index contributed by atoms with van der Waals surface area (Å²) in [5.41, 5.74) is 0.243. The number of hydrogen-bond donors (Lipinski definition) is 2. The first-order valence-electron chi connectivity index (χ1n) is 8.77. The van der Waals surface area contributed by atoms with Gasteiger partial charge in [0.2, 0.25) is 0 Å². The van der Waals surface area contributed by atoms with Crippen LogP contribution < -0.4 is 15.4 Å².